The molecule has 1 unspecified atom stereocenters. The third-order valence-electron chi connectivity index (χ3n) is 5.01. The molecule has 0 amide bonds. The number of phenols is 1. The summed E-state index contributed by atoms with van der Waals surface area (Å²) in [5, 5.41) is 18.2. The lowest BCUT2D eigenvalue weighted by Crippen LogP contribution is -2.28. The number of nitrogen functional groups attached to an aromatic ring is 1. The highest BCUT2D eigenvalue weighted by molar-refractivity contribution is 7.89. The predicted molar refractivity (Wildman–Crippen MR) is 106 cm³/mol. The minimum atomic E-state index is -3.54. The SMILES string of the molecule is Nc1nnc(-c2ccccc2O)cc1C1CCN(S(=O)(=O)c2ccccc2)C1. The van der Waals surface area contributed by atoms with Gasteiger partial charge in [0.1, 0.15) is 11.6 Å². The van der Waals surface area contributed by atoms with Crippen LogP contribution in [-0.4, -0.2) is 41.1 Å². The number of hydrogen-bond acceptors (Lipinski definition) is 6. The van der Waals surface area contributed by atoms with Crippen LogP contribution in [0.5, 0.6) is 5.75 Å². The molecule has 1 fully saturated rings. The van der Waals surface area contributed by atoms with Gasteiger partial charge in [0.05, 0.1) is 10.6 Å². The van der Waals surface area contributed by atoms with E-state index in [4.69, 9.17) is 5.73 Å². The van der Waals surface area contributed by atoms with E-state index in [0.29, 0.717) is 30.8 Å². The summed E-state index contributed by atoms with van der Waals surface area (Å²) in [7, 11) is -3.54. The number of phenolic OH excluding ortho intramolecular Hbond substituents is 1. The molecule has 8 heteroatoms. The lowest BCUT2D eigenvalue weighted by Gasteiger charge is -2.17. The van der Waals surface area contributed by atoms with Crippen LogP contribution in [0.1, 0.15) is 17.9 Å². The smallest absolute Gasteiger partial charge is 0.243 e. The van der Waals surface area contributed by atoms with Crippen molar-refractivity contribution in [2.24, 2.45) is 0 Å². The highest BCUT2D eigenvalue weighted by Gasteiger charge is 2.34. The molecule has 0 bridgehead atoms. The lowest BCUT2D eigenvalue weighted by atomic mass is 9.97. The van der Waals surface area contributed by atoms with Gasteiger partial charge in [-0.3, -0.25) is 0 Å². The molecule has 2 aromatic carbocycles. The van der Waals surface area contributed by atoms with Gasteiger partial charge in [-0.25, -0.2) is 8.42 Å². The van der Waals surface area contributed by atoms with Gasteiger partial charge in [-0.1, -0.05) is 30.3 Å². The molecule has 28 heavy (non-hydrogen) atoms. The highest BCUT2D eigenvalue weighted by atomic mass is 32.2. The molecule has 0 spiro atoms. The number of hydrogen-bond donors (Lipinski definition) is 2. The van der Waals surface area contributed by atoms with Crippen molar-refractivity contribution in [2.45, 2.75) is 17.2 Å². The zero-order valence-corrected chi connectivity index (χ0v) is 15.9. The van der Waals surface area contributed by atoms with E-state index in [9.17, 15) is 13.5 Å². The molecular weight excluding hydrogens is 376 g/mol. The number of sulfonamides is 1. The largest absolute Gasteiger partial charge is 0.507 e. The van der Waals surface area contributed by atoms with E-state index >= 15 is 0 Å². The molecule has 1 atom stereocenters. The Balaban J connectivity index is 1.63. The number of rotatable bonds is 4. The third-order valence-corrected chi connectivity index (χ3v) is 6.88. The zero-order valence-electron chi connectivity index (χ0n) is 15.1. The number of para-hydroxylation sites is 1. The Bertz CT molecular complexity index is 1100. The number of nitrogens with two attached hydrogens (primary N) is 1. The van der Waals surface area contributed by atoms with Gasteiger partial charge in [0.2, 0.25) is 10.0 Å². The maximum atomic E-state index is 12.9. The average molecular weight is 396 g/mol. The average Bonchev–Trinajstić information content (AvgIpc) is 3.20. The van der Waals surface area contributed by atoms with Crippen LogP contribution in [0.25, 0.3) is 11.3 Å². The summed E-state index contributed by atoms with van der Waals surface area (Å²) in [6.07, 6.45) is 0.641. The van der Waals surface area contributed by atoms with Crippen molar-refractivity contribution in [1.82, 2.24) is 14.5 Å². The summed E-state index contributed by atoms with van der Waals surface area (Å²) in [5.74, 6) is 0.300. The standard InChI is InChI=1S/C20H20N4O3S/c21-20-17(12-18(22-23-20)16-8-4-5-9-19(16)25)14-10-11-24(13-14)28(26,27)15-6-2-1-3-7-15/h1-9,12,14,25H,10-11,13H2,(H2,21,23). The maximum Gasteiger partial charge on any atom is 0.243 e. The van der Waals surface area contributed by atoms with Gasteiger partial charge in [0, 0.05) is 30.1 Å². The van der Waals surface area contributed by atoms with E-state index in [1.54, 1.807) is 60.7 Å². The first-order valence-electron chi connectivity index (χ1n) is 8.93. The number of anilines is 1. The number of nitrogens with zero attached hydrogens (tertiary/aromatic N) is 3. The van der Waals surface area contributed by atoms with E-state index in [0.717, 1.165) is 5.56 Å². The normalized spacial score (nSPS) is 17.6. The first-order valence-corrected chi connectivity index (χ1v) is 10.4. The first-order chi connectivity index (χ1) is 13.5. The van der Waals surface area contributed by atoms with Crippen LogP contribution in [0.4, 0.5) is 5.82 Å². The molecule has 7 nitrogen and oxygen atoms in total. The fourth-order valence-corrected chi connectivity index (χ4v) is 5.03. The topological polar surface area (TPSA) is 109 Å². The second-order valence-corrected chi connectivity index (χ2v) is 8.69. The molecule has 2 heterocycles. The van der Waals surface area contributed by atoms with Crippen LogP contribution in [0.15, 0.2) is 65.6 Å². The summed E-state index contributed by atoms with van der Waals surface area (Å²) < 4.78 is 27.2. The molecule has 1 aliphatic heterocycles. The number of benzene rings is 2. The van der Waals surface area contributed by atoms with Gasteiger partial charge in [-0.05, 0) is 36.8 Å². The lowest BCUT2D eigenvalue weighted by molar-refractivity contribution is 0.473. The summed E-state index contributed by atoms with van der Waals surface area (Å²) in [6, 6.07) is 17.1. The Labute approximate surface area is 163 Å². The van der Waals surface area contributed by atoms with Crippen LogP contribution in [0, 0.1) is 0 Å². The molecule has 3 N–H and O–H groups in total. The van der Waals surface area contributed by atoms with Gasteiger partial charge in [0.15, 0.2) is 0 Å². The van der Waals surface area contributed by atoms with Gasteiger partial charge in [0.25, 0.3) is 0 Å². The van der Waals surface area contributed by atoms with Crippen molar-refractivity contribution in [3.8, 4) is 17.0 Å². The monoisotopic (exact) mass is 396 g/mol. The van der Waals surface area contributed by atoms with Crippen LogP contribution >= 0.6 is 0 Å². The highest BCUT2D eigenvalue weighted by Crippen LogP contribution is 2.35. The van der Waals surface area contributed by atoms with Crippen molar-refractivity contribution in [3.05, 3.63) is 66.2 Å². The fraction of sp³-hybridized carbons (Fsp3) is 0.200. The Kier molecular flexibility index (Phi) is 4.74. The molecule has 4 rings (SSSR count). The first kappa shape index (κ1) is 18.4. The van der Waals surface area contributed by atoms with Crippen LogP contribution in [-0.2, 0) is 10.0 Å². The number of aromatic nitrogens is 2. The minimum Gasteiger partial charge on any atom is -0.507 e. The summed E-state index contributed by atoms with van der Waals surface area (Å²) >= 11 is 0. The Morgan fingerprint density at radius 1 is 1.04 bits per heavy atom. The zero-order chi connectivity index (χ0) is 19.7. The second kappa shape index (κ2) is 7.21. The Morgan fingerprint density at radius 2 is 1.75 bits per heavy atom. The summed E-state index contributed by atoms with van der Waals surface area (Å²) in [6.45, 7) is 0.739. The second-order valence-electron chi connectivity index (χ2n) is 6.75. The summed E-state index contributed by atoms with van der Waals surface area (Å²) in [4.78, 5) is 0.284. The summed E-state index contributed by atoms with van der Waals surface area (Å²) in [5.41, 5.74) is 7.86. The molecule has 144 valence electrons. The Hall–Kier alpha value is -2.97. The van der Waals surface area contributed by atoms with Gasteiger partial charge in [-0.2, -0.15) is 4.31 Å². The van der Waals surface area contributed by atoms with E-state index in [2.05, 4.69) is 10.2 Å². The van der Waals surface area contributed by atoms with Crippen LogP contribution < -0.4 is 5.73 Å². The van der Waals surface area contributed by atoms with Crippen LogP contribution in [0.2, 0.25) is 0 Å². The van der Waals surface area contributed by atoms with E-state index < -0.39 is 10.0 Å². The minimum absolute atomic E-state index is 0.0846. The van der Waals surface area contributed by atoms with Crippen molar-refractivity contribution in [2.75, 3.05) is 18.8 Å². The van der Waals surface area contributed by atoms with E-state index in [1.807, 2.05) is 0 Å². The molecule has 3 aromatic rings. The quantitative estimate of drug-likeness (QED) is 0.702. The van der Waals surface area contributed by atoms with Crippen molar-refractivity contribution in [3.63, 3.8) is 0 Å². The fourth-order valence-electron chi connectivity index (χ4n) is 3.51. The van der Waals surface area contributed by atoms with Crippen molar-refractivity contribution < 1.29 is 13.5 Å². The number of aromatic hydroxyl groups is 1. The molecule has 1 aromatic heterocycles. The van der Waals surface area contributed by atoms with Gasteiger partial charge in [-0.15, -0.1) is 10.2 Å². The molecule has 0 radical (unpaired) electrons. The molecule has 1 saturated heterocycles. The van der Waals surface area contributed by atoms with Crippen molar-refractivity contribution in [1.29, 1.82) is 0 Å². The van der Waals surface area contributed by atoms with E-state index in [-0.39, 0.29) is 22.4 Å². The predicted octanol–water partition coefficient (Wildman–Crippen LogP) is 2.61. The van der Waals surface area contributed by atoms with Gasteiger partial charge >= 0.3 is 0 Å². The molecule has 0 aliphatic carbocycles. The van der Waals surface area contributed by atoms with Crippen molar-refractivity contribution >= 4 is 15.8 Å². The molecular formula is C20H20N4O3S. The molecule has 0 saturated carbocycles. The van der Waals surface area contributed by atoms with Gasteiger partial charge < -0.3 is 10.8 Å². The Morgan fingerprint density at radius 3 is 2.50 bits per heavy atom. The maximum absolute atomic E-state index is 12.9. The molecule has 1 aliphatic rings. The third kappa shape index (κ3) is 3.32. The van der Waals surface area contributed by atoms with Crippen LogP contribution in [0.3, 0.4) is 0 Å². The van der Waals surface area contributed by atoms with E-state index in [1.165, 1.54) is 4.31 Å².